The largest absolute Gasteiger partial charge is 0.481 e. The molecule has 0 bridgehead atoms. The van der Waals surface area contributed by atoms with E-state index in [-0.39, 0.29) is 12.2 Å². The maximum absolute atomic E-state index is 10.9. The van der Waals surface area contributed by atoms with Gasteiger partial charge in [-0.1, -0.05) is 0 Å². The molecule has 0 aromatic carbocycles. The number of Topliss-reactive ketones (excluding diaryl/α,β-unsaturated/α-hetero) is 1. The predicted molar refractivity (Wildman–Crippen MR) is 49.9 cm³/mol. The van der Waals surface area contributed by atoms with Gasteiger partial charge < -0.3 is 5.11 Å². The summed E-state index contributed by atoms with van der Waals surface area (Å²) in [6.45, 7) is 1.39. The highest BCUT2D eigenvalue weighted by atomic mass is 16.4. The van der Waals surface area contributed by atoms with Crippen molar-refractivity contribution in [2.45, 2.75) is 19.3 Å². The van der Waals surface area contributed by atoms with Gasteiger partial charge in [0.05, 0.1) is 5.92 Å². The van der Waals surface area contributed by atoms with Crippen LogP contribution in [-0.2, 0) is 9.59 Å². The van der Waals surface area contributed by atoms with Crippen molar-refractivity contribution in [3.05, 3.63) is 30.1 Å². The average molecular weight is 193 g/mol. The van der Waals surface area contributed by atoms with Crippen LogP contribution in [0.1, 0.15) is 24.8 Å². The van der Waals surface area contributed by atoms with E-state index in [1.165, 1.54) is 19.3 Å². The second-order valence-corrected chi connectivity index (χ2v) is 3.08. The third-order valence-corrected chi connectivity index (χ3v) is 1.90. The fraction of sp³-hybridized carbons (Fsp3) is 0.300. The van der Waals surface area contributed by atoms with Gasteiger partial charge in [-0.15, -0.1) is 0 Å². The van der Waals surface area contributed by atoms with Crippen molar-refractivity contribution < 1.29 is 14.7 Å². The first kappa shape index (κ1) is 10.4. The van der Waals surface area contributed by atoms with Crippen LogP contribution in [0, 0.1) is 0 Å². The van der Waals surface area contributed by atoms with Gasteiger partial charge in [-0.05, 0) is 24.6 Å². The molecule has 0 spiro atoms. The molecule has 1 unspecified atom stereocenters. The van der Waals surface area contributed by atoms with Gasteiger partial charge in [-0.25, -0.2) is 0 Å². The number of carbonyl (C=O) groups is 2. The van der Waals surface area contributed by atoms with Crippen molar-refractivity contribution in [1.82, 2.24) is 4.98 Å². The summed E-state index contributed by atoms with van der Waals surface area (Å²) in [4.78, 5) is 25.5. The van der Waals surface area contributed by atoms with E-state index in [4.69, 9.17) is 5.11 Å². The molecule has 1 heterocycles. The molecule has 1 aromatic rings. The Morgan fingerprint density at radius 2 is 2.00 bits per heavy atom. The Kier molecular flexibility index (Phi) is 3.34. The van der Waals surface area contributed by atoms with Crippen LogP contribution in [0.5, 0.6) is 0 Å². The van der Waals surface area contributed by atoms with Crippen LogP contribution in [0.3, 0.4) is 0 Å². The second kappa shape index (κ2) is 4.50. The zero-order valence-electron chi connectivity index (χ0n) is 7.80. The summed E-state index contributed by atoms with van der Waals surface area (Å²) in [5, 5.41) is 8.90. The summed E-state index contributed by atoms with van der Waals surface area (Å²) in [6.07, 6.45) is 3.07. The highest BCUT2D eigenvalue weighted by Crippen LogP contribution is 2.19. The van der Waals surface area contributed by atoms with Crippen LogP contribution in [0.15, 0.2) is 24.5 Å². The molecule has 0 saturated heterocycles. The van der Waals surface area contributed by atoms with Crippen LogP contribution in [-0.4, -0.2) is 21.8 Å². The van der Waals surface area contributed by atoms with Crippen molar-refractivity contribution >= 4 is 11.8 Å². The van der Waals surface area contributed by atoms with E-state index in [0.717, 1.165) is 0 Å². The van der Waals surface area contributed by atoms with Crippen LogP contribution < -0.4 is 0 Å². The van der Waals surface area contributed by atoms with Crippen molar-refractivity contribution in [1.29, 1.82) is 0 Å². The van der Waals surface area contributed by atoms with E-state index in [9.17, 15) is 9.59 Å². The third-order valence-electron chi connectivity index (χ3n) is 1.90. The molecule has 0 saturated carbocycles. The van der Waals surface area contributed by atoms with Gasteiger partial charge in [0.15, 0.2) is 0 Å². The lowest BCUT2D eigenvalue weighted by Crippen LogP contribution is -2.14. The molecule has 0 radical (unpaired) electrons. The van der Waals surface area contributed by atoms with E-state index < -0.39 is 11.9 Å². The van der Waals surface area contributed by atoms with Gasteiger partial charge in [0.25, 0.3) is 0 Å². The van der Waals surface area contributed by atoms with Crippen LogP contribution in [0.4, 0.5) is 0 Å². The summed E-state index contributed by atoms with van der Waals surface area (Å²) < 4.78 is 0. The molecular formula is C10H11NO3. The molecule has 1 rings (SSSR count). The van der Waals surface area contributed by atoms with Crippen molar-refractivity contribution in [2.75, 3.05) is 0 Å². The average Bonchev–Trinajstić information content (AvgIpc) is 2.15. The molecule has 1 atom stereocenters. The minimum absolute atomic E-state index is 0.0271. The monoisotopic (exact) mass is 193 g/mol. The van der Waals surface area contributed by atoms with Gasteiger partial charge in [0.2, 0.25) is 0 Å². The number of aromatic nitrogens is 1. The summed E-state index contributed by atoms with van der Waals surface area (Å²) in [6, 6.07) is 3.23. The number of ketones is 1. The van der Waals surface area contributed by atoms with Crippen LogP contribution in [0.25, 0.3) is 0 Å². The highest BCUT2D eigenvalue weighted by Gasteiger charge is 2.21. The molecule has 0 aliphatic heterocycles. The molecule has 4 nitrogen and oxygen atoms in total. The van der Waals surface area contributed by atoms with Gasteiger partial charge in [0.1, 0.15) is 5.78 Å². The van der Waals surface area contributed by atoms with E-state index in [0.29, 0.717) is 5.56 Å². The fourth-order valence-corrected chi connectivity index (χ4v) is 1.23. The number of nitrogens with zero attached hydrogens (tertiary/aromatic N) is 1. The van der Waals surface area contributed by atoms with Gasteiger partial charge >= 0.3 is 5.97 Å². The lowest BCUT2D eigenvalue weighted by Gasteiger charge is -2.09. The maximum Gasteiger partial charge on any atom is 0.311 e. The van der Waals surface area contributed by atoms with Crippen molar-refractivity contribution in [3.63, 3.8) is 0 Å². The summed E-state index contributed by atoms with van der Waals surface area (Å²) in [5.74, 6) is -1.86. The normalized spacial score (nSPS) is 12.1. The SMILES string of the molecule is CC(=O)CC(C(=O)O)c1ccncc1. The van der Waals surface area contributed by atoms with E-state index in [1.807, 2.05) is 0 Å². The first-order valence-corrected chi connectivity index (χ1v) is 4.23. The van der Waals surface area contributed by atoms with Crippen LogP contribution in [0.2, 0.25) is 0 Å². The first-order valence-electron chi connectivity index (χ1n) is 4.23. The van der Waals surface area contributed by atoms with Gasteiger partial charge in [-0.3, -0.25) is 14.6 Å². The van der Waals surface area contributed by atoms with E-state index >= 15 is 0 Å². The van der Waals surface area contributed by atoms with E-state index in [2.05, 4.69) is 4.98 Å². The number of aliphatic carboxylic acids is 1. The minimum atomic E-state index is -0.980. The number of carbonyl (C=O) groups excluding carboxylic acids is 1. The molecule has 0 fully saturated rings. The Labute approximate surface area is 81.6 Å². The van der Waals surface area contributed by atoms with Crippen molar-refractivity contribution in [2.24, 2.45) is 0 Å². The molecular weight excluding hydrogens is 182 g/mol. The topological polar surface area (TPSA) is 67.3 Å². The molecule has 1 aromatic heterocycles. The smallest absolute Gasteiger partial charge is 0.311 e. The predicted octanol–water partition coefficient (Wildman–Crippen LogP) is 1.23. The number of carboxylic acid groups (broad SMARTS) is 1. The summed E-state index contributed by atoms with van der Waals surface area (Å²) >= 11 is 0. The molecule has 0 aliphatic rings. The lowest BCUT2D eigenvalue weighted by molar-refractivity contribution is -0.140. The molecule has 14 heavy (non-hydrogen) atoms. The molecule has 4 heteroatoms. The maximum atomic E-state index is 10.9. The second-order valence-electron chi connectivity index (χ2n) is 3.08. The number of pyridine rings is 1. The quantitative estimate of drug-likeness (QED) is 0.780. The molecule has 0 amide bonds. The Hall–Kier alpha value is -1.71. The van der Waals surface area contributed by atoms with E-state index in [1.54, 1.807) is 12.1 Å². The number of hydrogen-bond acceptors (Lipinski definition) is 3. The van der Waals surface area contributed by atoms with Crippen molar-refractivity contribution in [3.8, 4) is 0 Å². The summed E-state index contributed by atoms with van der Waals surface area (Å²) in [5.41, 5.74) is 0.614. The molecule has 0 aliphatic carbocycles. The number of hydrogen-bond donors (Lipinski definition) is 1. The summed E-state index contributed by atoms with van der Waals surface area (Å²) in [7, 11) is 0. The zero-order valence-corrected chi connectivity index (χ0v) is 7.80. The molecule has 1 N–H and O–H groups in total. The Balaban J connectivity index is 2.89. The minimum Gasteiger partial charge on any atom is -0.481 e. The fourth-order valence-electron chi connectivity index (χ4n) is 1.23. The van der Waals surface area contributed by atoms with Gasteiger partial charge in [-0.2, -0.15) is 0 Å². The third kappa shape index (κ3) is 2.65. The van der Waals surface area contributed by atoms with Gasteiger partial charge in [0, 0.05) is 18.8 Å². The highest BCUT2D eigenvalue weighted by molar-refractivity contribution is 5.85. The number of carboxylic acids is 1. The molecule has 74 valence electrons. The standard InChI is InChI=1S/C10H11NO3/c1-7(12)6-9(10(13)14)8-2-4-11-5-3-8/h2-5,9H,6H2,1H3,(H,13,14). The Bertz CT molecular complexity index is 334. The number of rotatable bonds is 4. The Morgan fingerprint density at radius 1 is 1.43 bits per heavy atom. The lowest BCUT2D eigenvalue weighted by atomic mass is 9.95. The Morgan fingerprint density at radius 3 is 2.43 bits per heavy atom. The zero-order chi connectivity index (χ0) is 10.6. The first-order chi connectivity index (χ1) is 6.61. The van der Waals surface area contributed by atoms with Crippen LogP contribution >= 0.6 is 0 Å².